The van der Waals surface area contributed by atoms with Crippen molar-refractivity contribution in [3.8, 4) is 0 Å². The largest absolute Gasteiger partial charge is 0.351 e. The van der Waals surface area contributed by atoms with Crippen molar-refractivity contribution in [2.45, 2.75) is 31.4 Å². The summed E-state index contributed by atoms with van der Waals surface area (Å²) in [4.78, 5) is 11.0. The van der Waals surface area contributed by atoms with Gasteiger partial charge >= 0.3 is 0 Å². The second-order valence-electron chi connectivity index (χ2n) is 3.02. The van der Waals surface area contributed by atoms with Gasteiger partial charge in [0.05, 0.1) is 0 Å². The van der Waals surface area contributed by atoms with Crippen molar-refractivity contribution in [2.24, 2.45) is 0 Å². The monoisotopic (exact) mass is 201 g/mol. The Balaban J connectivity index is 4.09. The van der Waals surface area contributed by atoms with Crippen LogP contribution in [0.5, 0.6) is 0 Å². The van der Waals surface area contributed by atoms with Crippen LogP contribution in [0.25, 0.3) is 0 Å². The fourth-order valence-corrected chi connectivity index (χ4v) is 1.98. The normalized spacial score (nSPS) is 11.0. The van der Waals surface area contributed by atoms with E-state index in [-0.39, 0.29) is 10.7 Å². The maximum Gasteiger partial charge on any atom is 0.243 e. The first-order valence-corrected chi connectivity index (χ1v) is 5.82. The highest BCUT2D eigenvalue weighted by atomic mass is 32.2. The number of nitrogens with one attached hydrogen (secondary N) is 1. The van der Waals surface area contributed by atoms with Gasteiger partial charge in [0.15, 0.2) is 0 Å². The lowest BCUT2D eigenvalue weighted by atomic mass is 10.0. The van der Waals surface area contributed by atoms with Gasteiger partial charge in [-0.05, 0) is 25.2 Å². The van der Waals surface area contributed by atoms with Crippen molar-refractivity contribution in [3.05, 3.63) is 12.7 Å². The molecule has 0 aromatic heterocycles. The highest BCUT2D eigenvalue weighted by molar-refractivity contribution is 8.00. The third-order valence-electron chi connectivity index (χ3n) is 2.49. The van der Waals surface area contributed by atoms with Crippen LogP contribution in [0.1, 0.15) is 26.7 Å². The van der Waals surface area contributed by atoms with E-state index in [1.54, 1.807) is 0 Å². The SMILES string of the molecule is C=CC(=O)NCC(CC)(CC)SC. The van der Waals surface area contributed by atoms with Crippen LogP contribution in [0.15, 0.2) is 12.7 Å². The Morgan fingerprint density at radius 2 is 2.08 bits per heavy atom. The van der Waals surface area contributed by atoms with Crippen LogP contribution in [0.3, 0.4) is 0 Å². The van der Waals surface area contributed by atoms with E-state index in [0.717, 1.165) is 19.4 Å². The van der Waals surface area contributed by atoms with Gasteiger partial charge in [0.2, 0.25) is 5.91 Å². The van der Waals surface area contributed by atoms with Gasteiger partial charge in [-0.25, -0.2) is 0 Å². The van der Waals surface area contributed by atoms with Crippen molar-refractivity contribution in [1.29, 1.82) is 0 Å². The summed E-state index contributed by atoms with van der Waals surface area (Å²) in [5.74, 6) is -0.0830. The molecule has 0 saturated heterocycles. The molecule has 0 spiro atoms. The molecule has 13 heavy (non-hydrogen) atoms. The van der Waals surface area contributed by atoms with Gasteiger partial charge in [0.25, 0.3) is 0 Å². The minimum Gasteiger partial charge on any atom is -0.351 e. The number of carbonyl (C=O) groups excluding carboxylic acids is 1. The standard InChI is InChI=1S/C10H19NOS/c1-5-9(12)11-8-10(6-2,7-3)13-4/h5H,1,6-8H2,2-4H3,(H,11,12). The van der Waals surface area contributed by atoms with Gasteiger partial charge in [-0.3, -0.25) is 4.79 Å². The third-order valence-corrected chi connectivity index (χ3v) is 4.08. The summed E-state index contributed by atoms with van der Waals surface area (Å²) in [6, 6.07) is 0. The zero-order chi connectivity index (χ0) is 10.3. The average molecular weight is 201 g/mol. The van der Waals surface area contributed by atoms with Gasteiger partial charge < -0.3 is 5.32 Å². The van der Waals surface area contributed by atoms with Crippen molar-refractivity contribution < 1.29 is 4.79 Å². The highest BCUT2D eigenvalue weighted by Gasteiger charge is 2.24. The fraction of sp³-hybridized carbons (Fsp3) is 0.700. The Bertz CT molecular complexity index is 167. The van der Waals surface area contributed by atoms with E-state index in [4.69, 9.17) is 0 Å². The average Bonchev–Trinajstić information content (AvgIpc) is 2.20. The van der Waals surface area contributed by atoms with Crippen molar-refractivity contribution >= 4 is 17.7 Å². The minimum atomic E-state index is -0.0830. The molecule has 0 radical (unpaired) electrons. The molecule has 1 N–H and O–H groups in total. The van der Waals surface area contributed by atoms with Crippen LogP contribution >= 0.6 is 11.8 Å². The molecule has 0 heterocycles. The van der Waals surface area contributed by atoms with E-state index in [9.17, 15) is 4.79 Å². The minimum absolute atomic E-state index is 0.0830. The molecular formula is C10H19NOS. The second-order valence-corrected chi connectivity index (χ2v) is 4.29. The molecule has 0 rings (SSSR count). The number of carbonyl (C=O) groups is 1. The van der Waals surface area contributed by atoms with Crippen LogP contribution in [0, 0.1) is 0 Å². The molecule has 0 unspecified atom stereocenters. The number of hydrogen-bond donors (Lipinski definition) is 1. The van der Waals surface area contributed by atoms with Gasteiger partial charge in [0, 0.05) is 11.3 Å². The third kappa shape index (κ3) is 3.85. The lowest BCUT2D eigenvalue weighted by Gasteiger charge is -2.29. The Morgan fingerprint density at radius 1 is 1.54 bits per heavy atom. The topological polar surface area (TPSA) is 29.1 Å². The van der Waals surface area contributed by atoms with Gasteiger partial charge in [-0.2, -0.15) is 11.8 Å². The first-order valence-electron chi connectivity index (χ1n) is 4.59. The molecule has 0 aliphatic rings. The van der Waals surface area contributed by atoms with E-state index in [0.29, 0.717) is 0 Å². The maximum atomic E-state index is 11.0. The molecule has 76 valence electrons. The Morgan fingerprint density at radius 3 is 2.38 bits per heavy atom. The van der Waals surface area contributed by atoms with E-state index in [1.807, 2.05) is 11.8 Å². The number of amides is 1. The molecule has 0 bridgehead atoms. The van der Waals surface area contributed by atoms with Crippen molar-refractivity contribution in [3.63, 3.8) is 0 Å². The van der Waals surface area contributed by atoms with Gasteiger partial charge in [-0.15, -0.1) is 0 Å². The quantitative estimate of drug-likeness (QED) is 0.668. The molecule has 0 atom stereocenters. The Kier molecular flexibility index (Phi) is 5.88. The zero-order valence-corrected chi connectivity index (χ0v) is 9.54. The molecule has 0 aromatic carbocycles. The molecule has 0 fully saturated rings. The summed E-state index contributed by atoms with van der Waals surface area (Å²) in [7, 11) is 0. The van der Waals surface area contributed by atoms with Crippen molar-refractivity contribution in [1.82, 2.24) is 5.32 Å². The summed E-state index contributed by atoms with van der Waals surface area (Å²) in [6.45, 7) is 8.45. The van der Waals surface area contributed by atoms with Crippen LogP contribution < -0.4 is 5.32 Å². The molecule has 2 nitrogen and oxygen atoms in total. The number of rotatable bonds is 6. The summed E-state index contributed by atoms with van der Waals surface area (Å²) < 4.78 is 0.193. The summed E-state index contributed by atoms with van der Waals surface area (Å²) in [6.07, 6.45) is 5.55. The van der Waals surface area contributed by atoms with Crippen LogP contribution in [0.2, 0.25) is 0 Å². The summed E-state index contributed by atoms with van der Waals surface area (Å²) >= 11 is 1.82. The van der Waals surface area contributed by atoms with Crippen molar-refractivity contribution in [2.75, 3.05) is 12.8 Å². The maximum absolute atomic E-state index is 11.0. The second kappa shape index (κ2) is 6.08. The smallest absolute Gasteiger partial charge is 0.243 e. The van der Waals surface area contributed by atoms with E-state index in [2.05, 4.69) is 32.0 Å². The zero-order valence-electron chi connectivity index (χ0n) is 8.72. The van der Waals surface area contributed by atoms with E-state index < -0.39 is 0 Å². The number of hydrogen-bond acceptors (Lipinski definition) is 2. The molecule has 0 aliphatic carbocycles. The van der Waals surface area contributed by atoms with Gasteiger partial charge in [0.1, 0.15) is 0 Å². The predicted molar refractivity (Wildman–Crippen MR) is 60.0 cm³/mol. The number of thioether (sulfide) groups is 1. The van der Waals surface area contributed by atoms with E-state index in [1.165, 1.54) is 6.08 Å². The fourth-order valence-electron chi connectivity index (χ4n) is 1.18. The first-order chi connectivity index (χ1) is 6.14. The molecule has 0 aromatic rings. The van der Waals surface area contributed by atoms with Gasteiger partial charge in [-0.1, -0.05) is 20.4 Å². The first kappa shape index (κ1) is 12.6. The molecule has 0 aliphatic heterocycles. The Hall–Kier alpha value is -0.440. The van der Waals surface area contributed by atoms with E-state index >= 15 is 0 Å². The van der Waals surface area contributed by atoms with Crippen LogP contribution in [-0.2, 0) is 4.79 Å². The summed E-state index contributed by atoms with van der Waals surface area (Å²) in [5, 5.41) is 2.85. The molecule has 0 saturated carbocycles. The predicted octanol–water partition coefficient (Wildman–Crippen LogP) is 2.21. The lowest BCUT2D eigenvalue weighted by molar-refractivity contribution is -0.116. The summed E-state index contributed by atoms with van der Waals surface area (Å²) in [5.41, 5.74) is 0. The molecule has 3 heteroatoms. The highest BCUT2D eigenvalue weighted by Crippen LogP contribution is 2.29. The molecule has 1 amide bonds. The Labute approximate surface area is 85.2 Å². The lowest BCUT2D eigenvalue weighted by Crippen LogP contribution is -2.38. The van der Waals surface area contributed by atoms with Crippen LogP contribution in [0.4, 0.5) is 0 Å². The molecular weight excluding hydrogens is 182 g/mol. The van der Waals surface area contributed by atoms with Crippen LogP contribution in [-0.4, -0.2) is 23.5 Å².